The first kappa shape index (κ1) is 13.7. The average molecular weight is 261 g/mol. The van der Waals surface area contributed by atoms with Gasteiger partial charge in [-0.1, -0.05) is 42.5 Å². The minimum Gasteiger partial charge on any atom is -0.324 e. The van der Waals surface area contributed by atoms with Crippen LogP contribution in [0.4, 0.5) is 8.78 Å². The third-order valence-corrected chi connectivity index (χ3v) is 3.29. The summed E-state index contributed by atoms with van der Waals surface area (Å²) in [5, 5.41) is 0. The Hall–Kier alpha value is -1.74. The molecule has 0 radical (unpaired) electrons. The van der Waals surface area contributed by atoms with E-state index in [0.717, 1.165) is 12.0 Å². The molecule has 0 bridgehead atoms. The van der Waals surface area contributed by atoms with E-state index in [0.29, 0.717) is 12.0 Å². The van der Waals surface area contributed by atoms with E-state index in [9.17, 15) is 8.78 Å². The highest BCUT2D eigenvalue weighted by Gasteiger charge is 2.16. The summed E-state index contributed by atoms with van der Waals surface area (Å²) in [7, 11) is 0. The molecule has 19 heavy (non-hydrogen) atoms. The minimum absolute atomic E-state index is 0.249. The second kappa shape index (κ2) is 5.93. The molecule has 0 aromatic heterocycles. The van der Waals surface area contributed by atoms with E-state index in [1.54, 1.807) is 12.1 Å². The highest BCUT2D eigenvalue weighted by atomic mass is 19.2. The molecule has 0 spiro atoms. The van der Waals surface area contributed by atoms with Crippen LogP contribution in [-0.4, -0.2) is 0 Å². The zero-order valence-corrected chi connectivity index (χ0v) is 10.9. The van der Waals surface area contributed by atoms with Crippen molar-refractivity contribution >= 4 is 0 Å². The van der Waals surface area contributed by atoms with Crippen LogP contribution in [0.2, 0.25) is 0 Å². The quantitative estimate of drug-likeness (QED) is 0.887. The second-order valence-corrected chi connectivity index (χ2v) is 4.73. The van der Waals surface area contributed by atoms with Crippen molar-refractivity contribution in [3.63, 3.8) is 0 Å². The Bertz CT molecular complexity index is 552. The van der Waals surface area contributed by atoms with E-state index in [2.05, 4.69) is 0 Å². The van der Waals surface area contributed by atoms with E-state index in [4.69, 9.17) is 5.73 Å². The van der Waals surface area contributed by atoms with E-state index >= 15 is 0 Å². The van der Waals surface area contributed by atoms with Gasteiger partial charge in [-0.15, -0.1) is 0 Å². The molecule has 1 atom stereocenters. The lowest BCUT2D eigenvalue weighted by atomic mass is 9.98. The number of rotatable bonds is 4. The molecule has 0 amide bonds. The SMILES string of the molecule is Cc1ccc(C(N)CCc2ccccc2)c(F)c1F. The van der Waals surface area contributed by atoms with Crippen molar-refractivity contribution in [1.82, 2.24) is 0 Å². The number of hydrogen-bond acceptors (Lipinski definition) is 1. The molecule has 0 heterocycles. The molecule has 2 aromatic carbocycles. The van der Waals surface area contributed by atoms with Gasteiger partial charge in [0.1, 0.15) is 0 Å². The van der Waals surface area contributed by atoms with Crippen LogP contribution >= 0.6 is 0 Å². The third-order valence-electron chi connectivity index (χ3n) is 3.29. The molecule has 0 fully saturated rings. The maximum absolute atomic E-state index is 13.8. The number of hydrogen-bond donors (Lipinski definition) is 1. The Labute approximate surface area is 112 Å². The fourth-order valence-corrected chi connectivity index (χ4v) is 2.07. The smallest absolute Gasteiger partial charge is 0.163 e. The van der Waals surface area contributed by atoms with Crippen molar-refractivity contribution in [2.75, 3.05) is 0 Å². The van der Waals surface area contributed by atoms with Gasteiger partial charge in [0.05, 0.1) is 0 Å². The zero-order valence-electron chi connectivity index (χ0n) is 10.9. The lowest BCUT2D eigenvalue weighted by Crippen LogP contribution is -2.14. The first-order valence-corrected chi connectivity index (χ1v) is 6.33. The van der Waals surface area contributed by atoms with Gasteiger partial charge in [-0.3, -0.25) is 0 Å². The number of halogens is 2. The highest BCUT2D eigenvalue weighted by molar-refractivity contribution is 5.28. The van der Waals surface area contributed by atoms with Crippen molar-refractivity contribution in [3.05, 3.63) is 70.8 Å². The van der Waals surface area contributed by atoms with Crippen LogP contribution < -0.4 is 5.73 Å². The predicted molar refractivity (Wildman–Crippen MR) is 72.8 cm³/mol. The molecule has 0 aliphatic carbocycles. The van der Waals surface area contributed by atoms with E-state index in [1.807, 2.05) is 30.3 Å². The standard InChI is InChI=1S/C16H17F2N/c1-11-7-9-13(16(18)15(11)17)14(19)10-8-12-5-3-2-4-6-12/h2-7,9,14H,8,10,19H2,1H3. The Morgan fingerprint density at radius 2 is 1.68 bits per heavy atom. The third kappa shape index (κ3) is 3.18. The van der Waals surface area contributed by atoms with Gasteiger partial charge in [0.25, 0.3) is 0 Å². The molecular weight excluding hydrogens is 244 g/mol. The number of aryl methyl sites for hydroxylation is 2. The summed E-state index contributed by atoms with van der Waals surface area (Å²) >= 11 is 0. The van der Waals surface area contributed by atoms with Gasteiger partial charge in [-0.25, -0.2) is 8.78 Å². The van der Waals surface area contributed by atoms with Crippen LogP contribution in [0.15, 0.2) is 42.5 Å². The van der Waals surface area contributed by atoms with E-state index in [-0.39, 0.29) is 5.56 Å². The second-order valence-electron chi connectivity index (χ2n) is 4.73. The van der Waals surface area contributed by atoms with Gasteiger partial charge >= 0.3 is 0 Å². The maximum Gasteiger partial charge on any atom is 0.163 e. The normalized spacial score (nSPS) is 12.4. The summed E-state index contributed by atoms with van der Waals surface area (Å²) in [6, 6.07) is 12.5. The molecule has 0 aliphatic heterocycles. The van der Waals surface area contributed by atoms with Gasteiger partial charge in [0, 0.05) is 11.6 Å². The highest BCUT2D eigenvalue weighted by Crippen LogP contribution is 2.23. The molecule has 100 valence electrons. The summed E-state index contributed by atoms with van der Waals surface area (Å²) in [6.07, 6.45) is 1.33. The van der Waals surface area contributed by atoms with Crippen molar-refractivity contribution in [2.45, 2.75) is 25.8 Å². The molecule has 2 N–H and O–H groups in total. The fraction of sp³-hybridized carbons (Fsp3) is 0.250. The first-order valence-electron chi connectivity index (χ1n) is 6.33. The molecule has 0 saturated carbocycles. The van der Waals surface area contributed by atoms with Crippen LogP contribution in [0, 0.1) is 18.6 Å². The molecular formula is C16H17F2N. The molecule has 0 aliphatic rings. The van der Waals surface area contributed by atoms with Crippen molar-refractivity contribution in [1.29, 1.82) is 0 Å². The monoisotopic (exact) mass is 261 g/mol. The van der Waals surface area contributed by atoms with Gasteiger partial charge in [0.2, 0.25) is 0 Å². The zero-order chi connectivity index (χ0) is 13.8. The summed E-state index contributed by atoms with van der Waals surface area (Å²) in [5.74, 6) is -1.62. The molecule has 3 heteroatoms. The van der Waals surface area contributed by atoms with Crippen LogP contribution in [0.25, 0.3) is 0 Å². The van der Waals surface area contributed by atoms with Crippen molar-refractivity contribution in [2.24, 2.45) is 5.73 Å². The van der Waals surface area contributed by atoms with Crippen LogP contribution in [0.5, 0.6) is 0 Å². The number of benzene rings is 2. The van der Waals surface area contributed by atoms with Gasteiger partial charge in [-0.2, -0.15) is 0 Å². The maximum atomic E-state index is 13.8. The van der Waals surface area contributed by atoms with Crippen LogP contribution in [0.1, 0.15) is 29.2 Å². The summed E-state index contributed by atoms with van der Waals surface area (Å²) in [4.78, 5) is 0. The molecule has 2 rings (SSSR count). The summed E-state index contributed by atoms with van der Waals surface area (Å²) < 4.78 is 27.3. The molecule has 2 aromatic rings. The van der Waals surface area contributed by atoms with Crippen molar-refractivity contribution < 1.29 is 8.78 Å². The predicted octanol–water partition coefficient (Wildman–Crippen LogP) is 3.91. The molecule has 1 nitrogen and oxygen atoms in total. The Balaban J connectivity index is 2.08. The summed E-state index contributed by atoms with van der Waals surface area (Å²) in [5.41, 5.74) is 7.65. The Morgan fingerprint density at radius 3 is 2.37 bits per heavy atom. The molecule has 1 unspecified atom stereocenters. The van der Waals surface area contributed by atoms with Gasteiger partial charge in [0.15, 0.2) is 11.6 Å². The van der Waals surface area contributed by atoms with Gasteiger partial charge in [-0.05, 0) is 30.9 Å². The lowest BCUT2D eigenvalue weighted by molar-refractivity contribution is 0.479. The van der Waals surface area contributed by atoms with E-state index in [1.165, 1.54) is 6.92 Å². The van der Waals surface area contributed by atoms with Crippen LogP contribution in [-0.2, 0) is 6.42 Å². The Kier molecular flexibility index (Phi) is 4.27. The summed E-state index contributed by atoms with van der Waals surface area (Å²) in [6.45, 7) is 1.54. The van der Waals surface area contributed by atoms with Gasteiger partial charge < -0.3 is 5.73 Å². The van der Waals surface area contributed by atoms with E-state index < -0.39 is 17.7 Å². The first-order chi connectivity index (χ1) is 9.09. The Morgan fingerprint density at radius 1 is 1.00 bits per heavy atom. The largest absolute Gasteiger partial charge is 0.324 e. The number of nitrogens with two attached hydrogens (primary N) is 1. The topological polar surface area (TPSA) is 26.0 Å². The lowest BCUT2D eigenvalue weighted by Gasteiger charge is -2.14. The van der Waals surface area contributed by atoms with Crippen LogP contribution in [0.3, 0.4) is 0 Å². The molecule has 0 saturated heterocycles. The average Bonchev–Trinajstić information content (AvgIpc) is 2.43. The minimum atomic E-state index is -0.819. The fourth-order valence-electron chi connectivity index (χ4n) is 2.07. The van der Waals surface area contributed by atoms with Crippen molar-refractivity contribution in [3.8, 4) is 0 Å².